The van der Waals surface area contributed by atoms with Crippen LogP contribution in [0.4, 0.5) is 101 Å². The number of halogens is 23. The maximum absolute atomic E-state index is 13.5. The Balaban J connectivity index is 0. The molecule has 0 rings (SSSR count). The third-order valence-corrected chi connectivity index (χ3v) is 5.38. The summed E-state index contributed by atoms with van der Waals surface area (Å²) in [5, 5.41) is -5.39. The first kappa shape index (κ1) is 42.4. The largest absolute Gasteiger partial charge is 0.438 e. The van der Waals surface area contributed by atoms with Crippen molar-refractivity contribution in [1.29, 1.82) is 0 Å². The normalized spacial score (nSPS) is 16.2. The van der Waals surface area contributed by atoms with Crippen molar-refractivity contribution < 1.29 is 114 Å². The van der Waals surface area contributed by atoms with E-state index in [2.05, 4.69) is 5.32 Å². The van der Waals surface area contributed by atoms with E-state index in [1.165, 1.54) is 0 Å². The minimum absolute atomic E-state index is 1.88. The van der Waals surface area contributed by atoms with E-state index in [0.29, 0.717) is 0 Å². The first-order valence-corrected chi connectivity index (χ1v) is 10.4. The van der Waals surface area contributed by atoms with E-state index in [-0.39, 0.29) is 0 Å². The van der Waals surface area contributed by atoms with Gasteiger partial charge in [0.1, 0.15) is 0 Å². The summed E-state index contributed by atoms with van der Waals surface area (Å²) in [5.74, 6) is -89.8. The molecule has 0 fully saturated rings. The summed E-state index contributed by atoms with van der Waals surface area (Å²) in [6.07, 6.45) is 0. The Bertz CT molecular complexity index is 1050. The zero-order valence-electron chi connectivity index (χ0n) is 19.1. The van der Waals surface area contributed by atoms with Crippen molar-refractivity contribution in [3.05, 3.63) is 0 Å². The molecular weight excluding hydrogens is 699 g/mol. The summed E-state index contributed by atoms with van der Waals surface area (Å²) in [6, 6.07) is 0. The molecule has 0 aromatic rings. The fourth-order valence-electron chi connectivity index (χ4n) is 2.04. The molecule has 0 heterocycles. The molecular formula is C14H10F23NO3S. The smallest absolute Gasteiger partial charge is 0.323 e. The molecule has 2 N–H and O–H groups in total. The van der Waals surface area contributed by atoms with Gasteiger partial charge < -0.3 is 5.32 Å². The van der Waals surface area contributed by atoms with Crippen LogP contribution < -0.4 is 5.32 Å². The van der Waals surface area contributed by atoms with Crippen molar-refractivity contribution in [2.45, 2.75) is 64.5 Å². The Labute approximate surface area is 215 Å². The molecule has 0 saturated heterocycles. The van der Waals surface area contributed by atoms with Crippen LogP contribution in [-0.2, 0) is 10.1 Å². The summed E-state index contributed by atoms with van der Waals surface area (Å²) in [6.45, 7) is -4.23. The monoisotopic (exact) mass is 709 g/mol. The number of hydrogen-bond donors (Lipinski definition) is 2. The molecule has 0 atom stereocenters. The summed E-state index contributed by atoms with van der Waals surface area (Å²) < 4.78 is 331. The second kappa shape index (κ2) is 11.0. The molecule has 28 heteroatoms. The lowest BCUT2D eigenvalue weighted by molar-refractivity contribution is -0.472. The number of rotatable bonds is 12. The van der Waals surface area contributed by atoms with E-state index in [9.17, 15) is 109 Å². The molecule has 0 aromatic carbocycles. The molecule has 0 aliphatic rings. The van der Waals surface area contributed by atoms with Gasteiger partial charge in [0.25, 0.3) is 0 Å². The molecule has 4 nitrogen and oxygen atoms in total. The molecule has 256 valence electrons. The van der Waals surface area contributed by atoms with Crippen LogP contribution >= 0.6 is 0 Å². The fourth-order valence-corrected chi connectivity index (χ4v) is 2.49. The molecule has 0 aliphatic carbocycles. The van der Waals surface area contributed by atoms with Gasteiger partial charge >= 0.3 is 74.6 Å². The highest BCUT2D eigenvalue weighted by molar-refractivity contribution is 7.87. The van der Waals surface area contributed by atoms with Crippen LogP contribution in [0, 0.1) is 0 Å². The number of hydrogen-bond acceptors (Lipinski definition) is 3. The van der Waals surface area contributed by atoms with Crippen LogP contribution in [0.25, 0.3) is 0 Å². The van der Waals surface area contributed by atoms with E-state index in [1.807, 2.05) is 14.1 Å². The van der Waals surface area contributed by atoms with Crippen LogP contribution in [0.3, 0.4) is 0 Å². The lowest BCUT2D eigenvalue weighted by Crippen LogP contribution is -2.78. The molecule has 0 radical (unpaired) electrons. The van der Waals surface area contributed by atoms with Gasteiger partial charge in [-0.1, -0.05) is 0 Å². The minimum Gasteiger partial charge on any atom is -0.323 e. The second-order valence-corrected chi connectivity index (χ2v) is 8.96. The summed E-state index contributed by atoms with van der Waals surface area (Å²) in [5.41, 5.74) is 0. The second-order valence-electron chi connectivity index (χ2n) is 7.50. The summed E-state index contributed by atoms with van der Waals surface area (Å²) in [7, 11) is -4.42. The zero-order chi connectivity index (χ0) is 35.4. The minimum atomic E-state index is -9.55. The standard InChI is InChI=1S/C12H3F23O3S.C2H7N/c13-1-2(14,15)3(16,17)4(18,19)5(20,21)6(22,23)7(24,25)8(26,27)9(28,29)10(30,31)11(32,33)12(34,35)39(36,37)38;1-3-2/h1H2,(H,36,37,38);3H,1-2H3. The molecule has 0 aromatic heterocycles. The van der Waals surface area contributed by atoms with E-state index in [0.717, 1.165) is 0 Å². The molecule has 0 unspecified atom stereocenters. The number of nitrogens with one attached hydrogen (secondary N) is 1. The highest BCUT2D eigenvalue weighted by Gasteiger charge is 2.99. The predicted octanol–water partition coefficient (Wildman–Crippen LogP) is 6.63. The van der Waals surface area contributed by atoms with E-state index >= 15 is 0 Å². The predicted molar refractivity (Wildman–Crippen MR) is 86.9 cm³/mol. The van der Waals surface area contributed by atoms with Crippen molar-refractivity contribution in [1.82, 2.24) is 5.32 Å². The van der Waals surface area contributed by atoms with Crippen molar-refractivity contribution in [2.75, 3.05) is 20.8 Å². The SMILES string of the molecule is CNC.O=S(=O)(O)C(F)(F)C(F)(F)C(F)(F)C(F)(F)C(F)(F)C(F)(F)C(F)(F)C(F)(F)C(F)(F)C(F)(F)C(F)(F)CF. The first-order valence-electron chi connectivity index (χ1n) is 9.00. The van der Waals surface area contributed by atoms with Crippen LogP contribution in [0.15, 0.2) is 0 Å². The van der Waals surface area contributed by atoms with Crippen LogP contribution in [0.2, 0.25) is 0 Å². The quantitative estimate of drug-likeness (QED) is 0.177. The lowest BCUT2D eigenvalue weighted by Gasteiger charge is -2.45. The van der Waals surface area contributed by atoms with E-state index in [4.69, 9.17) is 4.55 Å². The Hall–Kier alpha value is -1.74. The molecule has 42 heavy (non-hydrogen) atoms. The molecule has 0 amide bonds. The molecule has 0 saturated carbocycles. The van der Waals surface area contributed by atoms with Crippen molar-refractivity contribution in [3.8, 4) is 0 Å². The Morgan fingerprint density at radius 3 is 0.786 bits per heavy atom. The first-order chi connectivity index (χ1) is 17.7. The van der Waals surface area contributed by atoms with Gasteiger partial charge in [-0.3, -0.25) is 4.55 Å². The van der Waals surface area contributed by atoms with Gasteiger partial charge in [-0.15, -0.1) is 0 Å². The van der Waals surface area contributed by atoms with Crippen molar-refractivity contribution >= 4 is 10.1 Å². The average Bonchev–Trinajstić information content (AvgIpc) is 2.77. The lowest BCUT2D eigenvalue weighted by atomic mass is 9.85. The highest BCUT2D eigenvalue weighted by atomic mass is 32.2. The van der Waals surface area contributed by atoms with Gasteiger partial charge in [-0.05, 0) is 14.1 Å². The van der Waals surface area contributed by atoms with E-state index < -0.39 is 81.3 Å². The van der Waals surface area contributed by atoms with Gasteiger partial charge in [-0.2, -0.15) is 105 Å². The van der Waals surface area contributed by atoms with Gasteiger partial charge in [0, 0.05) is 0 Å². The van der Waals surface area contributed by atoms with Crippen molar-refractivity contribution in [3.63, 3.8) is 0 Å². The number of alkyl halides is 23. The van der Waals surface area contributed by atoms with Gasteiger partial charge in [0.05, 0.1) is 0 Å². The Morgan fingerprint density at radius 2 is 0.619 bits per heavy atom. The Kier molecular flexibility index (Phi) is 11.1. The Morgan fingerprint density at radius 1 is 0.452 bits per heavy atom. The molecule has 0 aliphatic heterocycles. The topological polar surface area (TPSA) is 66.4 Å². The average molecular weight is 709 g/mol. The fraction of sp³-hybridized carbons (Fsp3) is 1.00. The molecule has 0 bridgehead atoms. The molecule has 0 spiro atoms. The van der Waals surface area contributed by atoms with Gasteiger partial charge in [0.2, 0.25) is 0 Å². The van der Waals surface area contributed by atoms with Crippen LogP contribution in [0.1, 0.15) is 0 Å². The van der Waals surface area contributed by atoms with Crippen molar-refractivity contribution in [2.24, 2.45) is 0 Å². The van der Waals surface area contributed by atoms with Gasteiger partial charge in [-0.25, -0.2) is 4.39 Å². The van der Waals surface area contributed by atoms with Crippen LogP contribution in [0.5, 0.6) is 0 Å². The maximum atomic E-state index is 13.5. The zero-order valence-corrected chi connectivity index (χ0v) is 19.9. The van der Waals surface area contributed by atoms with Gasteiger partial charge in [0.15, 0.2) is 6.67 Å². The third kappa shape index (κ3) is 5.28. The summed E-state index contributed by atoms with van der Waals surface area (Å²) in [4.78, 5) is 0. The van der Waals surface area contributed by atoms with Crippen LogP contribution in [-0.4, -0.2) is 98.2 Å². The summed E-state index contributed by atoms with van der Waals surface area (Å²) >= 11 is 0. The maximum Gasteiger partial charge on any atom is 0.438 e. The van der Waals surface area contributed by atoms with E-state index in [1.54, 1.807) is 0 Å². The highest BCUT2D eigenvalue weighted by Crippen LogP contribution is 2.67. The third-order valence-electron chi connectivity index (χ3n) is 4.47.